The van der Waals surface area contributed by atoms with Gasteiger partial charge in [-0.15, -0.1) is 0 Å². The van der Waals surface area contributed by atoms with Crippen LogP contribution in [0.1, 0.15) is 15.9 Å². The van der Waals surface area contributed by atoms with Crippen LogP contribution >= 0.6 is 0 Å². The highest BCUT2D eigenvalue weighted by Crippen LogP contribution is 2.35. The third kappa shape index (κ3) is 5.00. The molecule has 0 radical (unpaired) electrons. The highest BCUT2D eigenvalue weighted by atomic mass is 19.1. The molecule has 0 atom stereocenters. The Balaban J connectivity index is 1.39. The van der Waals surface area contributed by atoms with Crippen molar-refractivity contribution < 1.29 is 18.0 Å². The number of hydrogen-bond donors (Lipinski definition) is 2. The predicted octanol–water partition coefficient (Wildman–Crippen LogP) is 6.74. The quantitative estimate of drug-likeness (QED) is 0.233. The van der Waals surface area contributed by atoms with E-state index in [4.69, 9.17) is 10.4 Å². The molecule has 2 N–H and O–H groups in total. The predicted molar refractivity (Wildman–Crippen MR) is 150 cm³/mol. The van der Waals surface area contributed by atoms with Gasteiger partial charge < -0.3 is 10.6 Å². The number of aromatic nitrogens is 4. The first-order valence-corrected chi connectivity index (χ1v) is 12.5. The molecule has 3 aromatic carbocycles. The smallest absolute Gasteiger partial charge is 0.261 e. The number of carbonyl (C=O) groups excluding carboxylic acids is 1. The first-order valence-electron chi connectivity index (χ1n) is 12.5. The molecule has 3 heterocycles. The highest BCUT2D eigenvalue weighted by molar-refractivity contribution is 6.05. The van der Waals surface area contributed by atoms with Crippen molar-refractivity contribution in [2.75, 3.05) is 10.6 Å². The number of nitrogens with one attached hydrogen (secondary N) is 2. The van der Waals surface area contributed by atoms with E-state index in [1.54, 1.807) is 53.3 Å². The largest absolute Gasteiger partial charge is 0.324 e. The van der Waals surface area contributed by atoms with Crippen molar-refractivity contribution in [3.05, 3.63) is 126 Å². The Morgan fingerprint density at radius 3 is 2.48 bits per heavy atom. The van der Waals surface area contributed by atoms with Gasteiger partial charge in [-0.3, -0.25) is 4.79 Å². The molecule has 204 valence electrons. The Morgan fingerprint density at radius 1 is 0.857 bits per heavy atom. The first kappa shape index (κ1) is 26.2. The number of carbonyl (C=O) groups is 1. The fourth-order valence-electron chi connectivity index (χ4n) is 4.48. The van der Waals surface area contributed by atoms with E-state index in [0.29, 0.717) is 33.9 Å². The summed E-state index contributed by atoms with van der Waals surface area (Å²) in [5.74, 6) is -3.29. The van der Waals surface area contributed by atoms with Gasteiger partial charge in [-0.25, -0.2) is 27.7 Å². The number of benzene rings is 3. The molecule has 8 nitrogen and oxygen atoms in total. The highest BCUT2D eigenvalue weighted by Gasteiger charge is 2.20. The lowest BCUT2D eigenvalue weighted by Gasteiger charge is -2.10. The maximum absolute atomic E-state index is 14.2. The molecular formula is C31H18F3N7O. The standard InChI is InChI=1S/C31H18F3N7O/c32-22-11-10-21(16-19(22)17-35)38-31-36-13-12-25(39-31)28-26-9-1-2-14-41(26)40-29(28)18-5-3-6-20(15-18)37-30(42)27-23(33)7-4-8-24(27)34/h1-16H,(H,37,42)(H,36,38,39). The minimum absolute atomic E-state index is 0.120. The summed E-state index contributed by atoms with van der Waals surface area (Å²) in [6.07, 6.45) is 3.33. The minimum Gasteiger partial charge on any atom is -0.324 e. The van der Waals surface area contributed by atoms with Crippen LogP contribution in [0.5, 0.6) is 0 Å². The molecule has 6 rings (SSSR count). The zero-order valence-corrected chi connectivity index (χ0v) is 21.5. The molecule has 1 amide bonds. The Labute approximate surface area is 236 Å². The normalized spacial score (nSPS) is 10.8. The number of pyridine rings is 1. The van der Waals surface area contributed by atoms with Crippen LogP contribution in [0.4, 0.5) is 30.5 Å². The Hall–Kier alpha value is -6.02. The summed E-state index contributed by atoms with van der Waals surface area (Å²) in [6.45, 7) is 0. The van der Waals surface area contributed by atoms with Crippen LogP contribution < -0.4 is 10.6 Å². The molecule has 0 spiro atoms. The van der Waals surface area contributed by atoms with Crippen molar-refractivity contribution in [1.29, 1.82) is 5.26 Å². The van der Waals surface area contributed by atoms with Gasteiger partial charge in [-0.1, -0.05) is 24.3 Å². The van der Waals surface area contributed by atoms with E-state index < -0.39 is 28.9 Å². The number of fused-ring (bicyclic) bond motifs is 1. The zero-order chi connectivity index (χ0) is 29.2. The van der Waals surface area contributed by atoms with Gasteiger partial charge in [0.1, 0.15) is 34.8 Å². The number of amides is 1. The molecule has 0 aliphatic rings. The Kier molecular flexibility index (Phi) is 6.78. The van der Waals surface area contributed by atoms with Gasteiger partial charge in [-0.2, -0.15) is 10.4 Å². The lowest BCUT2D eigenvalue weighted by atomic mass is 10.0. The van der Waals surface area contributed by atoms with Gasteiger partial charge in [0.2, 0.25) is 5.95 Å². The topological polar surface area (TPSA) is 108 Å². The molecule has 0 saturated heterocycles. The van der Waals surface area contributed by atoms with E-state index in [2.05, 4.69) is 20.6 Å². The molecule has 0 aliphatic carbocycles. The van der Waals surface area contributed by atoms with Crippen LogP contribution in [-0.4, -0.2) is 25.5 Å². The number of nitriles is 1. The summed E-state index contributed by atoms with van der Waals surface area (Å²) in [7, 11) is 0. The van der Waals surface area contributed by atoms with Crippen molar-refractivity contribution in [3.63, 3.8) is 0 Å². The van der Waals surface area contributed by atoms with Gasteiger partial charge in [0, 0.05) is 29.3 Å². The van der Waals surface area contributed by atoms with E-state index in [1.165, 1.54) is 24.3 Å². The van der Waals surface area contributed by atoms with E-state index in [1.807, 2.05) is 18.2 Å². The maximum atomic E-state index is 14.2. The molecular weight excluding hydrogens is 543 g/mol. The SMILES string of the molecule is N#Cc1cc(Nc2nccc(-c3c(-c4cccc(NC(=O)c5c(F)cccc5F)c4)nn4ccccc34)n2)ccc1F. The number of hydrogen-bond acceptors (Lipinski definition) is 6. The van der Waals surface area contributed by atoms with Crippen molar-refractivity contribution in [3.8, 4) is 28.6 Å². The number of rotatable bonds is 6. The van der Waals surface area contributed by atoms with Gasteiger partial charge >= 0.3 is 0 Å². The molecule has 0 saturated carbocycles. The van der Waals surface area contributed by atoms with Crippen molar-refractivity contribution in [2.24, 2.45) is 0 Å². The second kappa shape index (κ2) is 10.9. The Bertz CT molecular complexity index is 2010. The summed E-state index contributed by atoms with van der Waals surface area (Å²) in [5, 5.41) is 19.4. The van der Waals surface area contributed by atoms with Crippen molar-refractivity contribution >= 4 is 28.7 Å². The second-order valence-corrected chi connectivity index (χ2v) is 9.08. The van der Waals surface area contributed by atoms with Gasteiger partial charge in [0.05, 0.1) is 22.3 Å². The average Bonchev–Trinajstić information content (AvgIpc) is 3.38. The van der Waals surface area contributed by atoms with Crippen LogP contribution in [0, 0.1) is 28.8 Å². The van der Waals surface area contributed by atoms with E-state index in [-0.39, 0.29) is 11.5 Å². The molecule has 0 aliphatic heterocycles. The second-order valence-electron chi connectivity index (χ2n) is 9.08. The van der Waals surface area contributed by atoms with Crippen molar-refractivity contribution in [1.82, 2.24) is 19.6 Å². The summed E-state index contributed by atoms with van der Waals surface area (Å²) < 4.78 is 43.8. The minimum atomic E-state index is -0.969. The fraction of sp³-hybridized carbons (Fsp3) is 0. The third-order valence-electron chi connectivity index (χ3n) is 6.38. The van der Waals surface area contributed by atoms with Crippen LogP contribution in [0.25, 0.3) is 28.0 Å². The van der Waals surface area contributed by atoms with E-state index in [9.17, 15) is 18.0 Å². The molecule has 0 bridgehead atoms. The average molecular weight is 562 g/mol. The maximum Gasteiger partial charge on any atom is 0.261 e. The molecule has 3 aromatic heterocycles. The zero-order valence-electron chi connectivity index (χ0n) is 21.5. The number of nitrogens with zero attached hydrogens (tertiary/aromatic N) is 5. The molecule has 6 aromatic rings. The van der Waals surface area contributed by atoms with Crippen LogP contribution in [0.2, 0.25) is 0 Å². The van der Waals surface area contributed by atoms with E-state index in [0.717, 1.165) is 17.6 Å². The third-order valence-corrected chi connectivity index (χ3v) is 6.38. The molecule has 0 fully saturated rings. The first-order chi connectivity index (χ1) is 20.4. The lowest BCUT2D eigenvalue weighted by Crippen LogP contribution is -2.15. The summed E-state index contributed by atoms with van der Waals surface area (Å²) in [6, 6.07) is 23.0. The molecule has 0 unspecified atom stereocenters. The monoisotopic (exact) mass is 561 g/mol. The Morgan fingerprint density at radius 2 is 1.67 bits per heavy atom. The lowest BCUT2D eigenvalue weighted by molar-refractivity contribution is 0.101. The van der Waals surface area contributed by atoms with Crippen LogP contribution in [0.3, 0.4) is 0 Å². The van der Waals surface area contributed by atoms with Crippen molar-refractivity contribution in [2.45, 2.75) is 0 Å². The fourth-order valence-corrected chi connectivity index (χ4v) is 4.48. The van der Waals surface area contributed by atoms with Crippen LogP contribution in [0.15, 0.2) is 97.3 Å². The van der Waals surface area contributed by atoms with Gasteiger partial charge in [0.25, 0.3) is 5.91 Å². The summed E-state index contributed by atoms with van der Waals surface area (Å²) in [5.41, 5.74) is 2.95. The van der Waals surface area contributed by atoms with E-state index >= 15 is 0 Å². The molecule has 42 heavy (non-hydrogen) atoms. The van der Waals surface area contributed by atoms with Gasteiger partial charge in [-0.05, 0) is 60.7 Å². The molecule has 11 heteroatoms. The number of anilines is 3. The van der Waals surface area contributed by atoms with Crippen LogP contribution in [-0.2, 0) is 0 Å². The number of halogens is 3. The van der Waals surface area contributed by atoms with Gasteiger partial charge in [0.15, 0.2) is 0 Å². The summed E-state index contributed by atoms with van der Waals surface area (Å²) in [4.78, 5) is 21.6. The summed E-state index contributed by atoms with van der Waals surface area (Å²) >= 11 is 0.